The van der Waals surface area contributed by atoms with Crippen molar-refractivity contribution in [3.63, 3.8) is 0 Å². The molecule has 3 heterocycles. The average Bonchev–Trinajstić information content (AvgIpc) is 3.71. The molecule has 2 aromatic heterocycles. The maximum atomic E-state index is 13.4. The topological polar surface area (TPSA) is 148 Å². The van der Waals surface area contributed by atoms with Crippen LogP contribution in [0, 0.1) is 19.8 Å². The van der Waals surface area contributed by atoms with Gasteiger partial charge in [-0.2, -0.15) is 0 Å². The second-order valence-corrected chi connectivity index (χ2v) is 11.6. The molecule has 228 valence electrons. The second kappa shape index (κ2) is 15.4. The van der Waals surface area contributed by atoms with Crippen LogP contribution in [0.1, 0.15) is 48.4 Å². The van der Waals surface area contributed by atoms with Crippen LogP contribution in [-0.4, -0.2) is 79.2 Å². The highest BCUT2D eigenvalue weighted by atomic mass is 32.1. The van der Waals surface area contributed by atoms with Crippen molar-refractivity contribution in [1.29, 1.82) is 0 Å². The van der Waals surface area contributed by atoms with E-state index in [-0.39, 0.29) is 12.3 Å². The van der Waals surface area contributed by atoms with Crippen LogP contribution in [-0.2, 0) is 20.7 Å². The second-order valence-electron chi connectivity index (χ2n) is 10.7. The fraction of sp³-hybridized carbons (Fsp3) is 0.533. The number of benzene rings is 1. The highest BCUT2D eigenvalue weighted by Crippen LogP contribution is 2.34. The van der Waals surface area contributed by atoms with E-state index in [0.717, 1.165) is 34.0 Å². The zero-order valence-electron chi connectivity index (χ0n) is 24.6. The summed E-state index contributed by atoms with van der Waals surface area (Å²) in [7, 11) is 1.88. The Morgan fingerprint density at radius 3 is 2.74 bits per heavy atom. The van der Waals surface area contributed by atoms with E-state index in [4.69, 9.17) is 14.0 Å². The number of likely N-dealkylation sites (N-methyl/N-ethyl adjacent to an activating group) is 1. The predicted octanol–water partition coefficient (Wildman–Crippen LogP) is 2.75. The molecule has 3 aromatic rings. The Labute approximate surface area is 250 Å². The van der Waals surface area contributed by atoms with Crippen LogP contribution in [0.15, 0.2) is 34.3 Å². The lowest BCUT2D eigenvalue weighted by Gasteiger charge is -2.22. The van der Waals surface area contributed by atoms with Crippen LogP contribution in [0.3, 0.4) is 0 Å². The Morgan fingerprint density at radius 1 is 1.24 bits per heavy atom. The summed E-state index contributed by atoms with van der Waals surface area (Å²) in [5, 5.41) is 22.3. The lowest BCUT2D eigenvalue weighted by atomic mass is 9.85. The summed E-state index contributed by atoms with van der Waals surface area (Å²) < 4.78 is 17.3. The third-order valence-corrected chi connectivity index (χ3v) is 8.38. The number of β-amino-alcohol motifs (C(OH)–C–C–N with tert-alkyl or cyclic N) is 1. The van der Waals surface area contributed by atoms with Crippen molar-refractivity contribution in [2.24, 2.45) is 5.92 Å². The van der Waals surface area contributed by atoms with Gasteiger partial charge in [-0.15, -0.1) is 11.3 Å². The number of nitrogens with one attached hydrogen (secondary N) is 3. The lowest BCUT2D eigenvalue weighted by Crippen LogP contribution is -2.45. The first-order chi connectivity index (χ1) is 20.3. The van der Waals surface area contributed by atoms with Crippen LogP contribution >= 0.6 is 11.3 Å². The number of aliphatic hydroxyl groups is 1. The summed E-state index contributed by atoms with van der Waals surface area (Å²) in [5.41, 5.74) is 5.51. The van der Waals surface area contributed by atoms with Crippen molar-refractivity contribution in [3.05, 3.63) is 52.5 Å². The minimum Gasteiger partial charge on any atom is -0.491 e. The van der Waals surface area contributed by atoms with Crippen LogP contribution in [0.2, 0.25) is 0 Å². The fourth-order valence-electron chi connectivity index (χ4n) is 5.05. The molecule has 1 aromatic carbocycles. The highest BCUT2D eigenvalue weighted by molar-refractivity contribution is 7.13. The molecule has 11 nitrogen and oxygen atoms in total. The van der Waals surface area contributed by atoms with E-state index >= 15 is 0 Å². The minimum absolute atomic E-state index is 0.187. The van der Waals surface area contributed by atoms with Gasteiger partial charge in [-0.3, -0.25) is 14.9 Å². The number of rotatable bonds is 15. The molecule has 4 atom stereocenters. The number of amides is 2. The quantitative estimate of drug-likeness (QED) is 0.192. The first-order valence-electron chi connectivity index (χ1n) is 14.3. The van der Waals surface area contributed by atoms with Gasteiger partial charge in [0, 0.05) is 19.2 Å². The number of aryl methyl sites for hydroxylation is 3. The van der Waals surface area contributed by atoms with E-state index in [1.807, 2.05) is 32.5 Å². The number of ether oxygens (including phenoxy) is 2. The molecule has 4 N–H and O–H groups in total. The number of carbonyl (C=O) groups is 2. The molecule has 12 heteroatoms. The molecule has 0 spiro atoms. The van der Waals surface area contributed by atoms with E-state index in [1.54, 1.807) is 24.3 Å². The number of thiazole rings is 1. The Balaban J connectivity index is 1.47. The number of hydrogen-bond acceptors (Lipinski definition) is 11. The summed E-state index contributed by atoms with van der Waals surface area (Å²) in [6, 6.07) is 7.30. The number of hydrogen-bond donors (Lipinski definition) is 4. The van der Waals surface area contributed by atoms with Crippen molar-refractivity contribution in [2.45, 2.75) is 58.1 Å². The molecule has 0 bridgehead atoms. The molecular formula is C30H41N5O6S. The number of aliphatic hydroxyl groups excluding tert-OH is 1. The predicted molar refractivity (Wildman–Crippen MR) is 160 cm³/mol. The standard InChI is InChI=1S/C30H41N5O6S/c1-18(27(26-13-19(2)35-41-26)30(38)34-29(37)24-15-23(36)16-32-24)5-6-21-7-8-22(28-20(3)33-17-42-28)14-25(21)40-12-11-39-10-9-31-4/h7-8,13-14,17-18,23-24,27,31-32,36H,5-6,9-12,15-16H2,1-4H3,(H,34,37,38)/t18?,23-,24+,27+/m1/s1. The van der Waals surface area contributed by atoms with Crippen molar-refractivity contribution in [2.75, 3.05) is 40.0 Å². The van der Waals surface area contributed by atoms with Gasteiger partial charge in [0.25, 0.3) is 0 Å². The summed E-state index contributed by atoms with van der Waals surface area (Å²) in [4.78, 5) is 31.6. The number of imide groups is 1. The normalized spacial score (nSPS) is 18.1. The third-order valence-electron chi connectivity index (χ3n) is 7.40. The molecular weight excluding hydrogens is 558 g/mol. The monoisotopic (exact) mass is 599 g/mol. The van der Waals surface area contributed by atoms with Crippen molar-refractivity contribution in [1.82, 2.24) is 26.1 Å². The molecule has 0 aliphatic carbocycles. The largest absolute Gasteiger partial charge is 0.491 e. The maximum Gasteiger partial charge on any atom is 0.243 e. The van der Waals surface area contributed by atoms with Crippen LogP contribution in [0.5, 0.6) is 5.75 Å². The summed E-state index contributed by atoms with van der Waals surface area (Å²) in [6.45, 7) is 8.32. The van der Waals surface area contributed by atoms with E-state index in [1.165, 1.54) is 0 Å². The summed E-state index contributed by atoms with van der Waals surface area (Å²) in [6.07, 6.45) is 0.923. The van der Waals surface area contributed by atoms with Crippen molar-refractivity contribution < 1.29 is 28.7 Å². The van der Waals surface area contributed by atoms with Gasteiger partial charge in [-0.25, -0.2) is 4.98 Å². The molecule has 4 rings (SSSR count). The van der Waals surface area contributed by atoms with Gasteiger partial charge < -0.3 is 29.7 Å². The third kappa shape index (κ3) is 8.45. The Hall–Kier alpha value is -3.16. The van der Waals surface area contributed by atoms with E-state index in [9.17, 15) is 14.7 Å². The fourth-order valence-corrected chi connectivity index (χ4v) is 5.86. The molecule has 42 heavy (non-hydrogen) atoms. The SMILES string of the molecule is CNCCOCCOc1cc(-c2scnc2C)ccc1CCC(C)[C@H](C(=O)NC(=O)[C@@H]1C[C@@H](O)CN1)c1cc(C)no1. The van der Waals surface area contributed by atoms with E-state index < -0.39 is 29.9 Å². The first kappa shape index (κ1) is 31.8. The zero-order valence-corrected chi connectivity index (χ0v) is 25.5. The van der Waals surface area contributed by atoms with Crippen molar-refractivity contribution >= 4 is 23.2 Å². The summed E-state index contributed by atoms with van der Waals surface area (Å²) in [5.74, 6) is -0.623. The molecule has 0 radical (unpaired) electrons. The summed E-state index contributed by atoms with van der Waals surface area (Å²) >= 11 is 1.59. The first-order valence-corrected chi connectivity index (χ1v) is 15.2. The van der Waals surface area contributed by atoms with Crippen molar-refractivity contribution in [3.8, 4) is 16.2 Å². The smallest absolute Gasteiger partial charge is 0.243 e. The average molecular weight is 600 g/mol. The maximum absolute atomic E-state index is 13.4. The molecule has 0 saturated carbocycles. The number of aromatic nitrogens is 2. The molecule has 1 fully saturated rings. The molecule has 1 aliphatic rings. The van der Waals surface area contributed by atoms with E-state index in [2.05, 4.69) is 38.2 Å². The van der Waals surface area contributed by atoms with Gasteiger partial charge in [0.1, 0.15) is 24.0 Å². The van der Waals surface area contributed by atoms with Crippen LogP contribution in [0.4, 0.5) is 0 Å². The molecule has 2 amide bonds. The highest BCUT2D eigenvalue weighted by Gasteiger charge is 2.35. The minimum atomic E-state index is -0.717. The number of carbonyl (C=O) groups excluding carboxylic acids is 2. The van der Waals surface area contributed by atoms with Gasteiger partial charge >= 0.3 is 0 Å². The molecule has 1 saturated heterocycles. The van der Waals surface area contributed by atoms with E-state index in [0.29, 0.717) is 50.7 Å². The van der Waals surface area contributed by atoms with Crippen LogP contribution < -0.4 is 20.7 Å². The Kier molecular flexibility index (Phi) is 11.6. The lowest BCUT2D eigenvalue weighted by molar-refractivity contribution is -0.133. The van der Waals surface area contributed by atoms with Gasteiger partial charge in [0.05, 0.1) is 47.1 Å². The zero-order chi connectivity index (χ0) is 30.1. The van der Waals surface area contributed by atoms with Gasteiger partial charge in [0.15, 0.2) is 0 Å². The van der Waals surface area contributed by atoms with Gasteiger partial charge in [-0.05, 0) is 63.3 Å². The molecule has 1 aliphatic heterocycles. The van der Waals surface area contributed by atoms with Crippen LogP contribution in [0.25, 0.3) is 10.4 Å². The van der Waals surface area contributed by atoms with Gasteiger partial charge in [-0.1, -0.05) is 24.2 Å². The Bertz CT molecular complexity index is 1330. The molecule has 1 unspecified atom stereocenters. The Morgan fingerprint density at radius 2 is 2.07 bits per heavy atom. The van der Waals surface area contributed by atoms with Gasteiger partial charge in [0.2, 0.25) is 11.8 Å². The number of nitrogens with zero attached hydrogens (tertiary/aromatic N) is 2.